The molecule has 1 atom stereocenters. The number of anilines is 1. The van der Waals surface area contributed by atoms with E-state index in [0.717, 1.165) is 0 Å². The molecule has 1 aliphatic heterocycles. The van der Waals surface area contributed by atoms with Crippen LogP contribution in [0.4, 0.5) is 11.4 Å². The highest BCUT2D eigenvalue weighted by molar-refractivity contribution is 5.99. The molecule has 1 aromatic carbocycles. The van der Waals surface area contributed by atoms with Crippen LogP contribution in [-0.4, -0.2) is 32.8 Å². The molecule has 2 aromatic rings. The number of nitro groups is 1. The summed E-state index contributed by atoms with van der Waals surface area (Å²) in [6.45, 7) is 3.67. The van der Waals surface area contributed by atoms with E-state index in [9.17, 15) is 19.7 Å². The van der Waals surface area contributed by atoms with E-state index in [1.807, 2.05) is 6.92 Å². The maximum absolute atomic E-state index is 12.8. The van der Waals surface area contributed by atoms with Crippen LogP contribution in [0, 0.1) is 10.1 Å². The molecule has 10 nitrogen and oxygen atoms in total. The van der Waals surface area contributed by atoms with E-state index >= 15 is 0 Å². The minimum atomic E-state index is -0.718. The smallest absolute Gasteiger partial charge is 0.345 e. The van der Waals surface area contributed by atoms with E-state index in [-0.39, 0.29) is 29.6 Å². The number of esters is 1. The van der Waals surface area contributed by atoms with Crippen molar-refractivity contribution in [1.82, 2.24) is 9.55 Å². The Bertz CT molecular complexity index is 1010. The number of nitro benzene ring substituents is 1. The molecular weight excluding hydrogens is 366 g/mol. The molecule has 0 aliphatic carbocycles. The van der Waals surface area contributed by atoms with Crippen LogP contribution in [0.2, 0.25) is 0 Å². The largest absolute Gasteiger partial charge is 0.462 e. The number of fused-ring (bicyclic) bond motifs is 1. The Balaban J connectivity index is 1.99. The molecule has 0 amide bonds. The van der Waals surface area contributed by atoms with Crippen molar-refractivity contribution >= 4 is 23.1 Å². The van der Waals surface area contributed by atoms with Crippen molar-refractivity contribution < 1.29 is 14.5 Å². The van der Waals surface area contributed by atoms with Crippen molar-refractivity contribution in [3.05, 3.63) is 62.3 Å². The normalized spacial score (nSPS) is 17.1. The topological polar surface area (TPSA) is 129 Å². The van der Waals surface area contributed by atoms with Gasteiger partial charge in [0.1, 0.15) is 17.0 Å². The fraction of sp³-hybridized carbons (Fsp3) is 0.333. The summed E-state index contributed by atoms with van der Waals surface area (Å²) >= 11 is 0. The first-order chi connectivity index (χ1) is 13.4. The number of rotatable bonds is 5. The van der Waals surface area contributed by atoms with Crippen molar-refractivity contribution in [2.45, 2.75) is 32.7 Å². The van der Waals surface area contributed by atoms with Crippen molar-refractivity contribution in [3.8, 4) is 0 Å². The number of hydrazone groups is 1. The molecule has 0 radical (unpaired) electrons. The molecule has 0 bridgehead atoms. The number of nitrogens with one attached hydrogen (secondary N) is 1. The lowest BCUT2D eigenvalue weighted by Gasteiger charge is -2.25. The molecule has 2 heterocycles. The number of carbonyl (C=O) groups excluding carboxylic acids is 1. The van der Waals surface area contributed by atoms with E-state index < -0.39 is 16.5 Å². The molecule has 146 valence electrons. The molecule has 0 saturated heterocycles. The maximum atomic E-state index is 12.8. The maximum Gasteiger partial charge on any atom is 0.345 e. The third-order valence-electron chi connectivity index (χ3n) is 4.40. The monoisotopic (exact) mass is 385 g/mol. The molecule has 1 unspecified atom stereocenters. The summed E-state index contributed by atoms with van der Waals surface area (Å²) in [7, 11) is 0. The Hall–Kier alpha value is -3.56. The molecule has 3 rings (SSSR count). The number of para-hydroxylation sites is 2. The Labute approximate surface area is 160 Å². The van der Waals surface area contributed by atoms with Gasteiger partial charge in [-0.2, -0.15) is 5.10 Å². The lowest BCUT2D eigenvalue weighted by Crippen LogP contribution is -2.37. The van der Waals surface area contributed by atoms with Crippen LogP contribution in [0.1, 0.15) is 48.9 Å². The molecule has 1 aliphatic rings. The molecule has 0 saturated carbocycles. The van der Waals surface area contributed by atoms with E-state index in [1.54, 1.807) is 19.1 Å². The number of hydrogen-bond donors (Lipinski definition) is 1. The molecule has 28 heavy (non-hydrogen) atoms. The molecule has 0 spiro atoms. The zero-order valence-electron chi connectivity index (χ0n) is 15.4. The molecule has 1 N–H and O–H groups in total. The number of aromatic nitrogens is 2. The first kappa shape index (κ1) is 19.2. The third kappa shape index (κ3) is 3.61. The van der Waals surface area contributed by atoms with Gasteiger partial charge in [0.25, 0.3) is 11.2 Å². The SMILES string of the molecule is CCOC(=O)c1cnc2n(c1=O)C(C)CCC2=NNc1ccccc1[N+](=O)[O-]. The number of carbonyl (C=O) groups is 1. The van der Waals surface area contributed by atoms with Gasteiger partial charge in [0.2, 0.25) is 0 Å². The third-order valence-corrected chi connectivity index (χ3v) is 4.40. The zero-order chi connectivity index (χ0) is 20.3. The highest BCUT2D eigenvalue weighted by atomic mass is 16.6. The molecular formula is C18H19N5O5. The summed E-state index contributed by atoms with van der Waals surface area (Å²) in [5.74, 6) is -0.396. The second-order valence-electron chi connectivity index (χ2n) is 6.22. The molecule has 1 aromatic heterocycles. The van der Waals surface area contributed by atoms with Crippen molar-refractivity contribution in [3.63, 3.8) is 0 Å². The van der Waals surface area contributed by atoms with Gasteiger partial charge in [-0.25, -0.2) is 9.78 Å². The summed E-state index contributed by atoms with van der Waals surface area (Å²) in [5, 5.41) is 15.4. The van der Waals surface area contributed by atoms with Crippen LogP contribution in [0.25, 0.3) is 0 Å². The van der Waals surface area contributed by atoms with Gasteiger partial charge in [0, 0.05) is 18.3 Å². The number of hydrogen-bond acceptors (Lipinski definition) is 8. The minimum Gasteiger partial charge on any atom is -0.462 e. The summed E-state index contributed by atoms with van der Waals surface area (Å²) < 4.78 is 6.32. The van der Waals surface area contributed by atoms with Gasteiger partial charge in [0.05, 0.1) is 11.5 Å². The van der Waals surface area contributed by atoms with Gasteiger partial charge in [-0.15, -0.1) is 0 Å². The Morgan fingerprint density at radius 1 is 1.46 bits per heavy atom. The van der Waals surface area contributed by atoms with Crippen LogP contribution in [0.15, 0.2) is 40.4 Å². The Kier molecular flexibility index (Phi) is 5.48. The lowest BCUT2D eigenvalue weighted by molar-refractivity contribution is -0.384. The Morgan fingerprint density at radius 3 is 2.93 bits per heavy atom. The van der Waals surface area contributed by atoms with Gasteiger partial charge in [-0.05, 0) is 32.8 Å². The van der Waals surface area contributed by atoms with Crippen LogP contribution in [0.3, 0.4) is 0 Å². The minimum absolute atomic E-state index is 0.112. The zero-order valence-corrected chi connectivity index (χ0v) is 15.4. The lowest BCUT2D eigenvalue weighted by atomic mass is 10.0. The fourth-order valence-electron chi connectivity index (χ4n) is 2.99. The standard InChI is InChI=1S/C18H19N5O5/c1-3-28-18(25)12-10-19-16-14(9-8-11(2)22(16)17(12)24)21-20-13-6-4-5-7-15(13)23(26)27/h4-7,10-11,20H,3,8-9H2,1-2H3. The first-order valence-corrected chi connectivity index (χ1v) is 8.79. The van der Waals surface area contributed by atoms with Gasteiger partial charge in [-0.1, -0.05) is 12.1 Å². The first-order valence-electron chi connectivity index (χ1n) is 8.79. The molecule has 0 fully saturated rings. The molecule has 10 heteroatoms. The van der Waals surface area contributed by atoms with Gasteiger partial charge >= 0.3 is 5.97 Å². The average Bonchev–Trinajstić information content (AvgIpc) is 2.67. The van der Waals surface area contributed by atoms with E-state index in [1.165, 1.54) is 22.9 Å². The average molecular weight is 385 g/mol. The van der Waals surface area contributed by atoms with Gasteiger partial charge < -0.3 is 4.74 Å². The van der Waals surface area contributed by atoms with Gasteiger partial charge in [-0.3, -0.25) is 24.9 Å². The Morgan fingerprint density at radius 2 is 2.21 bits per heavy atom. The predicted molar refractivity (Wildman–Crippen MR) is 102 cm³/mol. The highest BCUT2D eigenvalue weighted by Crippen LogP contribution is 2.25. The summed E-state index contributed by atoms with van der Waals surface area (Å²) in [5.41, 5.74) is 2.67. The summed E-state index contributed by atoms with van der Waals surface area (Å²) in [4.78, 5) is 39.6. The fourth-order valence-corrected chi connectivity index (χ4v) is 2.99. The number of benzene rings is 1. The number of nitrogens with zero attached hydrogens (tertiary/aromatic N) is 4. The second kappa shape index (κ2) is 7.99. The van der Waals surface area contributed by atoms with E-state index in [4.69, 9.17) is 4.74 Å². The van der Waals surface area contributed by atoms with Crippen LogP contribution >= 0.6 is 0 Å². The summed E-state index contributed by atoms with van der Waals surface area (Å²) in [6.07, 6.45) is 2.32. The predicted octanol–water partition coefficient (Wildman–Crippen LogP) is 2.50. The van der Waals surface area contributed by atoms with Crippen molar-refractivity contribution in [2.24, 2.45) is 5.10 Å². The summed E-state index contributed by atoms with van der Waals surface area (Å²) in [6, 6.07) is 5.95. The quantitative estimate of drug-likeness (QED) is 0.475. The highest BCUT2D eigenvalue weighted by Gasteiger charge is 2.27. The van der Waals surface area contributed by atoms with Crippen LogP contribution < -0.4 is 11.0 Å². The van der Waals surface area contributed by atoms with Crippen molar-refractivity contribution in [2.75, 3.05) is 12.0 Å². The van der Waals surface area contributed by atoms with Crippen LogP contribution in [-0.2, 0) is 4.74 Å². The van der Waals surface area contributed by atoms with Crippen LogP contribution in [0.5, 0.6) is 0 Å². The van der Waals surface area contributed by atoms with Crippen molar-refractivity contribution in [1.29, 1.82) is 0 Å². The van der Waals surface area contributed by atoms with Gasteiger partial charge in [0.15, 0.2) is 5.82 Å². The number of ether oxygens (including phenoxy) is 1. The van der Waals surface area contributed by atoms with E-state index in [2.05, 4.69) is 15.5 Å². The van der Waals surface area contributed by atoms with E-state index in [0.29, 0.717) is 24.4 Å². The second-order valence-corrected chi connectivity index (χ2v) is 6.22.